The van der Waals surface area contributed by atoms with Crippen LogP contribution in [0.3, 0.4) is 0 Å². The molecule has 2 aromatic rings. The first-order valence-electron chi connectivity index (χ1n) is 10.8. The Balaban J connectivity index is 0.000000569. The fourth-order valence-corrected chi connectivity index (χ4v) is 9.57. The number of unbranched alkanes of at least 4 members (excludes halogenated alkanes) is 1. The average molecular weight is 495 g/mol. The zero-order valence-corrected chi connectivity index (χ0v) is 23.5. The SMILES string of the molecule is CC1=[C-]C(C)(C)C(C)=C1C.CCCC[Si]1([c-]2ccc3ccccc32)CCC1.[Cl-].[Cl-].[Ti+4]. The third kappa shape index (κ3) is 5.99. The second-order valence-electron chi connectivity index (χ2n) is 9.20. The smallest absolute Gasteiger partial charge is 1.00 e. The van der Waals surface area contributed by atoms with Crippen LogP contribution in [0.2, 0.25) is 18.1 Å². The Morgan fingerprint density at radius 2 is 1.67 bits per heavy atom. The zero-order chi connectivity index (χ0) is 19.7. The van der Waals surface area contributed by atoms with Crippen molar-refractivity contribution in [3.8, 4) is 0 Å². The molecule has 0 spiro atoms. The minimum absolute atomic E-state index is 0. The molecule has 0 saturated carbocycles. The second-order valence-corrected chi connectivity index (χ2v) is 13.8. The number of benzene rings is 1. The van der Waals surface area contributed by atoms with Crippen molar-refractivity contribution in [2.24, 2.45) is 5.41 Å². The van der Waals surface area contributed by atoms with Gasteiger partial charge in [0.1, 0.15) is 0 Å². The molecular formula is C26H36Cl2SiTi. The topological polar surface area (TPSA) is 0 Å². The van der Waals surface area contributed by atoms with Crippen LogP contribution in [0.15, 0.2) is 53.1 Å². The molecule has 1 aliphatic carbocycles. The number of allylic oxidation sites excluding steroid dienone is 4. The van der Waals surface area contributed by atoms with Gasteiger partial charge < -0.3 is 24.8 Å². The number of rotatable bonds is 4. The largest absolute Gasteiger partial charge is 4.00 e. The Bertz CT molecular complexity index is 872. The van der Waals surface area contributed by atoms with Gasteiger partial charge in [0.15, 0.2) is 0 Å². The van der Waals surface area contributed by atoms with Crippen molar-refractivity contribution in [3.63, 3.8) is 0 Å². The first-order chi connectivity index (χ1) is 12.8. The predicted molar refractivity (Wildman–Crippen MR) is 123 cm³/mol. The standard InChI is InChI=1S/C16H21Si.C10H15.2ClH.Ti/c1-2-3-11-17(12-6-13-17)16-10-9-14-7-4-5-8-15(14)16;1-7-6-10(4,5)9(3)8(7)2;;;/h4-5,7-10H,2-3,6,11-13H2,1H3;1-5H3;2*1H;/q2*-1;;;+4/p-2. The minimum atomic E-state index is -1.05. The molecule has 1 fully saturated rings. The molecule has 0 N–H and O–H groups in total. The van der Waals surface area contributed by atoms with Crippen LogP contribution >= 0.6 is 0 Å². The van der Waals surface area contributed by atoms with Crippen molar-refractivity contribution in [2.45, 2.75) is 78.9 Å². The summed E-state index contributed by atoms with van der Waals surface area (Å²) < 4.78 is 0. The summed E-state index contributed by atoms with van der Waals surface area (Å²) in [5, 5.41) is 4.79. The van der Waals surface area contributed by atoms with Gasteiger partial charge in [-0.05, 0) is 0 Å². The molecule has 0 nitrogen and oxygen atoms in total. The minimum Gasteiger partial charge on any atom is -1.00 e. The third-order valence-corrected chi connectivity index (χ3v) is 12.6. The van der Waals surface area contributed by atoms with Crippen molar-refractivity contribution < 1.29 is 46.5 Å². The van der Waals surface area contributed by atoms with Gasteiger partial charge in [-0.25, -0.2) is 5.57 Å². The number of halogens is 2. The quantitative estimate of drug-likeness (QED) is 0.446. The Morgan fingerprint density at radius 3 is 2.10 bits per heavy atom. The molecule has 162 valence electrons. The molecule has 0 unspecified atom stereocenters. The van der Waals surface area contributed by atoms with E-state index in [-0.39, 0.29) is 51.9 Å². The van der Waals surface area contributed by atoms with Crippen molar-refractivity contribution in [3.05, 3.63) is 59.2 Å². The molecule has 0 radical (unpaired) electrons. The summed E-state index contributed by atoms with van der Waals surface area (Å²) in [6.07, 6.45) is 7.71. The van der Waals surface area contributed by atoms with E-state index < -0.39 is 8.07 Å². The molecule has 2 aliphatic rings. The van der Waals surface area contributed by atoms with Gasteiger partial charge in [-0.3, -0.25) is 6.08 Å². The molecule has 1 heterocycles. The van der Waals surface area contributed by atoms with Gasteiger partial charge in [0, 0.05) is 8.07 Å². The van der Waals surface area contributed by atoms with Gasteiger partial charge in [0.25, 0.3) is 0 Å². The Morgan fingerprint density at radius 1 is 1.03 bits per heavy atom. The summed E-state index contributed by atoms with van der Waals surface area (Å²) in [6, 6.07) is 18.4. The Kier molecular flexibility index (Phi) is 12.1. The molecule has 0 amide bonds. The number of fused-ring (bicyclic) bond motifs is 1. The summed E-state index contributed by atoms with van der Waals surface area (Å²) in [6.45, 7) is 13.2. The first-order valence-corrected chi connectivity index (χ1v) is 13.4. The van der Waals surface area contributed by atoms with Crippen LogP contribution < -0.4 is 30.0 Å². The second kappa shape index (κ2) is 12.2. The van der Waals surface area contributed by atoms with Gasteiger partial charge in [-0.2, -0.15) is 23.3 Å². The molecule has 1 aliphatic heterocycles. The van der Waals surface area contributed by atoms with E-state index in [1.54, 1.807) is 22.7 Å². The number of hydrogen-bond acceptors (Lipinski definition) is 0. The van der Waals surface area contributed by atoms with E-state index in [1.165, 1.54) is 47.4 Å². The van der Waals surface area contributed by atoms with Crippen LogP contribution in [0.25, 0.3) is 10.8 Å². The molecule has 0 aromatic heterocycles. The zero-order valence-electron chi connectivity index (χ0n) is 19.5. The molecule has 1 saturated heterocycles. The molecular weight excluding hydrogens is 459 g/mol. The molecule has 2 aromatic carbocycles. The molecule has 0 bridgehead atoms. The fourth-order valence-electron chi connectivity index (χ4n) is 4.79. The van der Waals surface area contributed by atoms with E-state index in [9.17, 15) is 0 Å². The molecule has 4 heteroatoms. The van der Waals surface area contributed by atoms with Crippen molar-refractivity contribution in [1.29, 1.82) is 0 Å². The summed E-state index contributed by atoms with van der Waals surface area (Å²) in [5.41, 5.74) is 4.39. The molecule has 30 heavy (non-hydrogen) atoms. The maximum absolute atomic E-state index is 3.44. The van der Waals surface area contributed by atoms with E-state index in [0.29, 0.717) is 0 Å². The van der Waals surface area contributed by atoms with E-state index in [0.717, 1.165) is 0 Å². The van der Waals surface area contributed by atoms with Crippen LogP contribution in [-0.2, 0) is 21.7 Å². The van der Waals surface area contributed by atoms with Gasteiger partial charge in [0.05, 0.1) is 0 Å². The molecule has 0 atom stereocenters. The average Bonchev–Trinajstić information content (AvgIpc) is 3.11. The fraction of sp³-hybridized carbons (Fsp3) is 0.500. The van der Waals surface area contributed by atoms with E-state index in [4.69, 9.17) is 0 Å². The normalized spacial score (nSPS) is 18.1. The summed E-state index contributed by atoms with van der Waals surface area (Å²) in [4.78, 5) is 0. The van der Waals surface area contributed by atoms with Gasteiger partial charge in [-0.15, -0.1) is 41.1 Å². The summed E-state index contributed by atoms with van der Waals surface area (Å²) in [7, 11) is -1.05. The maximum atomic E-state index is 3.44. The van der Waals surface area contributed by atoms with Gasteiger partial charge in [0.2, 0.25) is 0 Å². The Hall–Kier alpha value is -0.179. The van der Waals surface area contributed by atoms with E-state index >= 15 is 0 Å². The van der Waals surface area contributed by atoms with E-state index in [2.05, 4.69) is 84.0 Å². The van der Waals surface area contributed by atoms with Gasteiger partial charge in [-0.1, -0.05) is 83.5 Å². The van der Waals surface area contributed by atoms with Crippen LogP contribution in [0, 0.1) is 11.5 Å². The predicted octanol–water partition coefficient (Wildman–Crippen LogP) is 1.54. The van der Waals surface area contributed by atoms with Crippen molar-refractivity contribution in [1.82, 2.24) is 0 Å². The molecule has 4 rings (SSSR count). The van der Waals surface area contributed by atoms with Crippen LogP contribution in [0.5, 0.6) is 0 Å². The summed E-state index contributed by atoms with van der Waals surface area (Å²) >= 11 is 0. The van der Waals surface area contributed by atoms with Crippen molar-refractivity contribution in [2.75, 3.05) is 0 Å². The first kappa shape index (κ1) is 29.8. The Labute approximate surface area is 213 Å². The van der Waals surface area contributed by atoms with Gasteiger partial charge >= 0.3 is 21.7 Å². The monoisotopic (exact) mass is 494 g/mol. The van der Waals surface area contributed by atoms with Crippen LogP contribution in [0.4, 0.5) is 0 Å². The third-order valence-electron chi connectivity index (χ3n) is 7.13. The van der Waals surface area contributed by atoms with E-state index in [1.807, 2.05) is 0 Å². The summed E-state index contributed by atoms with van der Waals surface area (Å²) in [5.74, 6) is 0. The number of hydrogen-bond donors (Lipinski definition) is 0. The van der Waals surface area contributed by atoms with Crippen LogP contribution in [-0.4, -0.2) is 8.07 Å². The maximum Gasteiger partial charge on any atom is 4.00 e. The van der Waals surface area contributed by atoms with Crippen LogP contribution in [0.1, 0.15) is 60.8 Å². The van der Waals surface area contributed by atoms with Crippen molar-refractivity contribution >= 4 is 24.0 Å².